The Morgan fingerprint density at radius 2 is 1.77 bits per heavy atom. The number of hydrogen-bond donors (Lipinski definition) is 2. The maximum atomic E-state index is 12.8. The van der Waals surface area contributed by atoms with E-state index >= 15 is 0 Å². The van der Waals surface area contributed by atoms with Gasteiger partial charge in [-0.25, -0.2) is 0 Å². The van der Waals surface area contributed by atoms with Crippen molar-refractivity contribution in [1.82, 2.24) is 0 Å². The van der Waals surface area contributed by atoms with Crippen molar-refractivity contribution in [3.63, 3.8) is 0 Å². The van der Waals surface area contributed by atoms with Gasteiger partial charge in [0, 0.05) is 6.42 Å². The largest absolute Gasteiger partial charge is 0.508 e. The molecule has 0 heterocycles. The van der Waals surface area contributed by atoms with E-state index in [1.807, 2.05) is 41.5 Å². The number of aliphatic hydroxyl groups is 2. The molecule has 1 rings (SSSR count). The monoisotopic (exact) mass is 362 g/mol. The number of hydrogen-bond acceptors (Lipinski definition) is 5. The number of ketones is 3. The Morgan fingerprint density at radius 1 is 1.19 bits per heavy atom. The van der Waals surface area contributed by atoms with E-state index in [9.17, 15) is 24.6 Å². The lowest BCUT2D eigenvalue weighted by Gasteiger charge is -2.26. The Bertz CT molecular complexity index is 675. The first kappa shape index (κ1) is 22.0. The Morgan fingerprint density at radius 3 is 2.23 bits per heavy atom. The first-order valence-electron chi connectivity index (χ1n) is 9.02. The summed E-state index contributed by atoms with van der Waals surface area (Å²) in [6.45, 7) is 11.0. The van der Waals surface area contributed by atoms with Crippen LogP contribution in [-0.4, -0.2) is 33.2 Å². The molecule has 2 N–H and O–H groups in total. The molecule has 0 aromatic heterocycles. The van der Waals surface area contributed by atoms with Gasteiger partial charge in [-0.1, -0.05) is 45.4 Å². The minimum Gasteiger partial charge on any atom is -0.508 e. The summed E-state index contributed by atoms with van der Waals surface area (Å²) >= 11 is 0. The Balaban J connectivity index is 3.43. The fraction of sp³-hybridized carbons (Fsp3) is 0.571. The van der Waals surface area contributed by atoms with E-state index < -0.39 is 40.2 Å². The summed E-state index contributed by atoms with van der Waals surface area (Å²) in [5.41, 5.74) is -1.91. The zero-order valence-corrected chi connectivity index (χ0v) is 16.5. The molecule has 5 nitrogen and oxygen atoms in total. The van der Waals surface area contributed by atoms with Crippen LogP contribution in [0.3, 0.4) is 0 Å². The lowest BCUT2D eigenvalue weighted by Crippen LogP contribution is -2.45. The van der Waals surface area contributed by atoms with Crippen molar-refractivity contribution in [2.45, 2.75) is 60.0 Å². The summed E-state index contributed by atoms with van der Waals surface area (Å²) in [4.78, 5) is 37.9. The summed E-state index contributed by atoms with van der Waals surface area (Å²) in [7, 11) is 0. The van der Waals surface area contributed by atoms with E-state index in [1.165, 1.54) is 6.08 Å². The lowest BCUT2D eigenvalue weighted by atomic mass is 9.82. The highest BCUT2D eigenvalue weighted by atomic mass is 16.3. The predicted octanol–water partition coefficient (Wildman–Crippen LogP) is 3.48. The van der Waals surface area contributed by atoms with Crippen LogP contribution in [-0.2, 0) is 14.4 Å². The zero-order chi connectivity index (χ0) is 20.2. The molecule has 0 fully saturated rings. The molecule has 0 radical (unpaired) electrons. The molecule has 0 aliphatic heterocycles. The maximum Gasteiger partial charge on any atom is 0.195 e. The van der Waals surface area contributed by atoms with Crippen molar-refractivity contribution in [3.8, 4) is 0 Å². The molecule has 2 unspecified atom stereocenters. The average Bonchev–Trinajstić information content (AvgIpc) is 2.69. The van der Waals surface area contributed by atoms with Crippen LogP contribution >= 0.6 is 0 Å². The fourth-order valence-corrected chi connectivity index (χ4v) is 2.91. The fourth-order valence-electron chi connectivity index (χ4n) is 2.91. The minimum absolute atomic E-state index is 0.0166. The van der Waals surface area contributed by atoms with Gasteiger partial charge in [0.1, 0.15) is 11.3 Å². The third kappa shape index (κ3) is 4.58. The first-order chi connectivity index (χ1) is 11.9. The van der Waals surface area contributed by atoms with Crippen molar-refractivity contribution >= 4 is 17.3 Å². The number of Topliss-reactive ketones (excluding diaryl/α,β-unsaturated/α-hetero) is 2. The van der Waals surface area contributed by atoms with Crippen LogP contribution in [0.5, 0.6) is 0 Å². The molecule has 144 valence electrons. The topological polar surface area (TPSA) is 91.7 Å². The Kier molecular flexibility index (Phi) is 7.27. The second-order valence-corrected chi connectivity index (χ2v) is 7.91. The van der Waals surface area contributed by atoms with E-state index in [0.717, 1.165) is 5.57 Å². The molecule has 5 heteroatoms. The van der Waals surface area contributed by atoms with Crippen LogP contribution in [0.15, 0.2) is 35.1 Å². The van der Waals surface area contributed by atoms with Crippen LogP contribution in [0.1, 0.15) is 54.4 Å². The molecule has 2 atom stereocenters. The van der Waals surface area contributed by atoms with Crippen molar-refractivity contribution in [2.24, 2.45) is 17.8 Å². The van der Waals surface area contributed by atoms with E-state index in [1.54, 1.807) is 12.2 Å². The number of carbonyl (C=O) groups excluding carboxylic acids is 3. The van der Waals surface area contributed by atoms with Crippen molar-refractivity contribution < 1.29 is 24.6 Å². The highest BCUT2D eigenvalue weighted by Crippen LogP contribution is 2.41. The second kappa shape index (κ2) is 8.58. The SMILES string of the molecule is CC(C)=CCC1C(=O)C(C(=O)CC(C)C)=C(O)C1(O)C(=O)C=CC(C)C. The molecular weight excluding hydrogens is 332 g/mol. The molecule has 1 aliphatic carbocycles. The second-order valence-electron chi connectivity index (χ2n) is 7.91. The Hall–Kier alpha value is -2.01. The van der Waals surface area contributed by atoms with Crippen LogP contribution in [0, 0.1) is 17.8 Å². The third-order valence-corrected chi connectivity index (χ3v) is 4.31. The summed E-state index contributed by atoms with van der Waals surface area (Å²) in [6, 6.07) is 0. The highest BCUT2D eigenvalue weighted by Gasteiger charge is 2.58. The van der Waals surface area contributed by atoms with Gasteiger partial charge in [0.25, 0.3) is 0 Å². The molecule has 0 spiro atoms. The first-order valence-corrected chi connectivity index (χ1v) is 9.02. The normalized spacial score (nSPS) is 23.4. The number of carbonyl (C=O) groups is 3. The van der Waals surface area contributed by atoms with Crippen LogP contribution < -0.4 is 0 Å². The summed E-state index contributed by atoms with van der Waals surface area (Å²) in [5, 5.41) is 21.6. The predicted molar refractivity (Wildman–Crippen MR) is 101 cm³/mol. The van der Waals surface area contributed by atoms with Gasteiger partial charge in [0.2, 0.25) is 0 Å². The molecule has 1 aliphatic rings. The van der Waals surface area contributed by atoms with Crippen molar-refractivity contribution in [3.05, 3.63) is 35.1 Å². The molecule has 0 amide bonds. The summed E-state index contributed by atoms with van der Waals surface area (Å²) in [6.07, 6.45) is 4.62. The van der Waals surface area contributed by atoms with Gasteiger partial charge in [-0.2, -0.15) is 0 Å². The molecular formula is C21H30O5. The summed E-state index contributed by atoms with van der Waals surface area (Å²) in [5.74, 6) is -3.95. The van der Waals surface area contributed by atoms with Gasteiger partial charge in [-0.3, -0.25) is 14.4 Å². The number of rotatable bonds is 8. The molecule has 0 saturated carbocycles. The quantitative estimate of drug-likeness (QED) is 0.392. The smallest absolute Gasteiger partial charge is 0.195 e. The zero-order valence-electron chi connectivity index (χ0n) is 16.5. The minimum atomic E-state index is -2.39. The maximum absolute atomic E-state index is 12.8. The third-order valence-electron chi connectivity index (χ3n) is 4.31. The number of allylic oxidation sites excluding steroid dienone is 4. The Labute approximate surface area is 155 Å². The van der Waals surface area contributed by atoms with E-state index in [2.05, 4.69) is 0 Å². The molecule has 0 aromatic rings. The van der Waals surface area contributed by atoms with Gasteiger partial charge < -0.3 is 10.2 Å². The van der Waals surface area contributed by atoms with Gasteiger partial charge >= 0.3 is 0 Å². The lowest BCUT2D eigenvalue weighted by molar-refractivity contribution is -0.140. The molecule has 26 heavy (non-hydrogen) atoms. The van der Waals surface area contributed by atoms with Gasteiger partial charge in [-0.15, -0.1) is 0 Å². The van der Waals surface area contributed by atoms with Crippen LogP contribution in [0.2, 0.25) is 0 Å². The molecule has 0 bridgehead atoms. The van der Waals surface area contributed by atoms with Crippen molar-refractivity contribution in [2.75, 3.05) is 0 Å². The summed E-state index contributed by atoms with van der Waals surface area (Å²) < 4.78 is 0. The van der Waals surface area contributed by atoms with Crippen molar-refractivity contribution in [1.29, 1.82) is 0 Å². The highest BCUT2D eigenvalue weighted by molar-refractivity contribution is 6.26. The van der Waals surface area contributed by atoms with Gasteiger partial charge in [-0.05, 0) is 38.2 Å². The standard InChI is InChI=1S/C21H30O5/c1-12(2)7-9-15-19(24)18(16(22)11-14(5)6)20(25)21(15,26)17(23)10-8-13(3)4/h7-8,10,13-15,25-26H,9,11H2,1-6H3. The van der Waals surface area contributed by atoms with Crippen LogP contribution in [0.25, 0.3) is 0 Å². The van der Waals surface area contributed by atoms with E-state index in [0.29, 0.717) is 0 Å². The van der Waals surface area contributed by atoms with E-state index in [4.69, 9.17) is 0 Å². The molecule has 0 aromatic carbocycles. The molecule has 0 saturated heterocycles. The van der Waals surface area contributed by atoms with Crippen LogP contribution in [0.4, 0.5) is 0 Å². The van der Waals surface area contributed by atoms with Gasteiger partial charge in [0.15, 0.2) is 23.0 Å². The van der Waals surface area contributed by atoms with Gasteiger partial charge in [0.05, 0.1) is 5.92 Å². The van der Waals surface area contributed by atoms with E-state index in [-0.39, 0.29) is 24.7 Å². The average molecular weight is 362 g/mol. The number of aliphatic hydroxyl groups excluding tert-OH is 1.